The average Bonchev–Trinajstić information content (AvgIpc) is 2.83. The van der Waals surface area contributed by atoms with E-state index in [9.17, 15) is 17.6 Å². The summed E-state index contributed by atoms with van der Waals surface area (Å²) in [5.41, 5.74) is 4.04. The van der Waals surface area contributed by atoms with E-state index in [0.717, 1.165) is 49.1 Å². The molecule has 1 heterocycles. The van der Waals surface area contributed by atoms with Gasteiger partial charge in [0.25, 0.3) is 0 Å². The van der Waals surface area contributed by atoms with Crippen LogP contribution in [0.1, 0.15) is 62.1 Å². The second kappa shape index (κ2) is 12.8. The zero-order valence-electron chi connectivity index (χ0n) is 22.2. The van der Waals surface area contributed by atoms with Gasteiger partial charge in [0.1, 0.15) is 17.4 Å². The predicted octanol–water partition coefficient (Wildman–Crippen LogP) is 7.86. The molecule has 38 heavy (non-hydrogen) atoms. The number of hydrogen-bond donors (Lipinski definition) is 1. The number of hydrogen-bond acceptors (Lipinski definition) is 3. The molecule has 0 spiro atoms. The number of rotatable bonds is 9. The van der Waals surface area contributed by atoms with Gasteiger partial charge in [-0.05, 0) is 92.3 Å². The third kappa shape index (κ3) is 7.27. The minimum atomic E-state index is -4.54. The summed E-state index contributed by atoms with van der Waals surface area (Å²) in [5, 5.41) is 3.27. The number of alkyl halides is 3. The van der Waals surface area contributed by atoms with Gasteiger partial charge in [-0.15, -0.1) is 0 Å². The number of nitrogens with zero attached hydrogens (tertiary/aromatic N) is 3. The van der Waals surface area contributed by atoms with Crippen LogP contribution in [0.5, 0.6) is 0 Å². The van der Waals surface area contributed by atoms with Crippen molar-refractivity contribution in [2.45, 2.75) is 64.6 Å². The molecule has 1 N–H and O–H groups in total. The third-order valence-electron chi connectivity index (χ3n) is 6.69. The SMILES string of the molecule is C=C(/C=C\C(=NC)C(F)(F)F)C(C)N=C(N/C=C/CC)c1cc(-c2ccc(F)cn2)cc(C2CCC2)c1C. The first kappa shape index (κ1) is 29.0. The maximum atomic E-state index is 13.6. The van der Waals surface area contributed by atoms with Crippen LogP contribution < -0.4 is 5.32 Å². The first-order valence-corrected chi connectivity index (χ1v) is 12.7. The van der Waals surface area contributed by atoms with Gasteiger partial charge in [0.05, 0.1) is 17.9 Å². The summed E-state index contributed by atoms with van der Waals surface area (Å²) in [7, 11) is 1.10. The van der Waals surface area contributed by atoms with Crippen LogP contribution in [0.2, 0.25) is 0 Å². The minimum absolute atomic E-state index is 0.405. The van der Waals surface area contributed by atoms with Crippen molar-refractivity contribution in [2.75, 3.05) is 7.05 Å². The standard InChI is InChI=1S/C30H34F4N4/c1-6-7-15-36-29(38-21(4)19(2)11-14-28(35-5)30(32,33)34)26-17-23(27-13-12-24(31)18-37-27)16-25(20(26)3)22-9-8-10-22/h7,11-18,21-22H,2,6,8-10H2,1,3-5H3,(H,36,38)/b14-11-,15-7+,35-28?. The van der Waals surface area contributed by atoms with E-state index < -0.39 is 23.7 Å². The van der Waals surface area contributed by atoms with Crippen molar-refractivity contribution in [1.82, 2.24) is 10.3 Å². The lowest BCUT2D eigenvalue weighted by Gasteiger charge is -2.29. The van der Waals surface area contributed by atoms with Gasteiger partial charge < -0.3 is 5.32 Å². The molecule has 1 aromatic heterocycles. The highest BCUT2D eigenvalue weighted by Crippen LogP contribution is 2.40. The molecule has 1 saturated carbocycles. The van der Waals surface area contributed by atoms with Crippen LogP contribution >= 0.6 is 0 Å². The number of halogens is 4. The highest BCUT2D eigenvalue weighted by atomic mass is 19.4. The molecule has 1 unspecified atom stereocenters. The van der Waals surface area contributed by atoms with Gasteiger partial charge in [0.15, 0.2) is 0 Å². The molecule has 1 aromatic carbocycles. The zero-order chi connectivity index (χ0) is 27.9. The quantitative estimate of drug-likeness (QED) is 0.157. The molecule has 4 nitrogen and oxygen atoms in total. The fourth-order valence-electron chi connectivity index (χ4n) is 4.16. The van der Waals surface area contributed by atoms with Crippen molar-refractivity contribution in [3.8, 4) is 11.3 Å². The Labute approximate surface area is 222 Å². The lowest BCUT2D eigenvalue weighted by Crippen LogP contribution is -2.24. The van der Waals surface area contributed by atoms with E-state index in [0.29, 0.717) is 23.0 Å². The predicted molar refractivity (Wildman–Crippen MR) is 147 cm³/mol. The van der Waals surface area contributed by atoms with E-state index in [1.54, 1.807) is 19.2 Å². The number of aromatic nitrogens is 1. The maximum Gasteiger partial charge on any atom is 0.432 e. The molecule has 2 aromatic rings. The maximum absolute atomic E-state index is 13.6. The van der Waals surface area contributed by atoms with Crippen LogP contribution in [-0.2, 0) is 0 Å². The Kier molecular flexibility index (Phi) is 9.78. The van der Waals surface area contributed by atoms with E-state index in [4.69, 9.17) is 4.99 Å². The van der Waals surface area contributed by atoms with Crippen LogP contribution in [0.25, 0.3) is 11.3 Å². The minimum Gasteiger partial charge on any atom is -0.347 e. The molecule has 1 atom stereocenters. The lowest BCUT2D eigenvalue weighted by molar-refractivity contribution is -0.0577. The summed E-state index contributed by atoms with van der Waals surface area (Å²) in [4.78, 5) is 12.4. The van der Waals surface area contributed by atoms with Crippen molar-refractivity contribution in [3.05, 3.63) is 89.5 Å². The van der Waals surface area contributed by atoms with Crippen molar-refractivity contribution < 1.29 is 17.6 Å². The number of allylic oxidation sites excluding steroid dienone is 2. The van der Waals surface area contributed by atoms with Gasteiger partial charge in [-0.3, -0.25) is 15.0 Å². The van der Waals surface area contributed by atoms with Crippen LogP contribution in [0.15, 0.2) is 77.0 Å². The molecule has 1 aliphatic carbocycles. The molecule has 0 saturated heterocycles. The Hall–Kier alpha value is -3.55. The van der Waals surface area contributed by atoms with Crippen LogP contribution in [0.3, 0.4) is 0 Å². The van der Waals surface area contributed by atoms with Crippen LogP contribution in [0, 0.1) is 12.7 Å². The molecular formula is C30H34F4N4. The van der Waals surface area contributed by atoms with Crippen molar-refractivity contribution >= 4 is 11.5 Å². The number of aliphatic imine (C=N–C) groups is 2. The lowest BCUT2D eigenvalue weighted by atomic mass is 9.76. The van der Waals surface area contributed by atoms with E-state index in [1.165, 1.54) is 30.3 Å². The average molecular weight is 527 g/mol. The number of pyridine rings is 1. The summed E-state index contributed by atoms with van der Waals surface area (Å²) in [6.45, 7) is 9.79. The van der Waals surface area contributed by atoms with E-state index in [2.05, 4.69) is 34.9 Å². The van der Waals surface area contributed by atoms with Gasteiger partial charge in [0, 0.05) is 18.2 Å². The topological polar surface area (TPSA) is 49.6 Å². The molecule has 202 valence electrons. The molecule has 8 heteroatoms. The van der Waals surface area contributed by atoms with E-state index >= 15 is 0 Å². The summed E-state index contributed by atoms with van der Waals surface area (Å²) < 4.78 is 52.8. The molecule has 0 aliphatic heterocycles. The summed E-state index contributed by atoms with van der Waals surface area (Å²) in [6.07, 6.45) is 6.80. The molecule has 1 fully saturated rings. The van der Waals surface area contributed by atoms with E-state index in [-0.39, 0.29) is 0 Å². The van der Waals surface area contributed by atoms with Crippen molar-refractivity contribution in [3.63, 3.8) is 0 Å². The van der Waals surface area contributed by atoms with Gasteiger partial charge in [-0.2, -0.15) is 13.2 Å². The normalized spacial score (nSPS) is 16.2. The van der Waals surface area contributed by atoms with Crippen molar-refractivity contribution in [1.29, 1.82) is 0 Å². The molecule has 1 aliphatic rings. The third-order valence-corrected chi connectivity index (χ3v) is 6.69. The second-order valence-corrected chi connectivity index (χ2v) is 9.35. The Balaban J connectivity index is 2.07. The fraction of sp³-hybridized carbons (Fsp3) is 0.367. The number of amidine groups is 1. The Morgan fingerprint density at radius 2 is 1.97 bits per heavy atom. The van der Waals surface area contributed by atoms with Crippen LogP contribution in [-0.4, -0.2) is 35.8 Å². The molecule has 0 radical (unpaired) electrons. The highest BCUT2D eigenvalue weighted by molar-refractivity contribution is 6.02. The molecule has 0 amide bonds. The summed E-state index contributed by atoms with van der Waals surface area (Å²) in [6, 6.07) is 6.61. The second-order valence-electron chi connectivity index (χ2n) is 9.35. The zero-order valence-corrected chi connectivity index (χ0v) is 22.2. The highest BCUT2D eigenvalue weighted by Gasteiger charge is 2.33. The van der Waals surface area contributed by atoms with Crippen molar-refractivity contribution in [2.24, 2.45) is 9.98 Å². The first-order chi connectivity index (χ1) is 18.0. The summed E-state index contributed by atoms with van der Waals surface area (Å²) >= 11 is 0. The van der Waals surface area contributed by atoms with Gasteiger partial charge in [-0.25, -0.2) is 4.39 Å². The first-order valence-electron chi connectivity index (χ1n) is 12.7. The van der Waals surface area contributed by atoms with E-state index in [1.807, 2.05) is 19.1 Å². The Morgan fingerprint density at radius 1 is 1.24 bits per heavy atom. The van der Waals surface area contributed by atoms with Gasteiger partial charge in [-0.1, -0.05) is 32.1 Å². The molecular weight excluding hydrogens is 492 g/mol. The smallest absolute Gasteiger partial charge is 0.347 e. The van der Waals surface area contributed by atoms with Crippen LogP contribution in [0.4, 0.5) is 17.6 Å². The Morgan fingerprint density at radius 3 is 2.53 bits per heavy atom. The molecule has 0 bridgehead atoms. The number of nitrogens with one attached hydrogen (secondary N) is 1. The Bertz CT molecular complexity index is 1250. The van der Waals surface area contributed by atoms with Gasteiger partial charge in [0.2, 0.25) is 0 Å². The fourth-order valence-corrected chi connectivity index (χ4v) is 4.16. The molecule has 3 rings (SSSR count). The summed E-state index contributed by atoms with van der Waals surface area (Å²) in [5.74, 6) is 0.584. The monoisotopic (exact) mass is 526 g/mol. The largest absolute Gasteiger partial charge is 0.432 e. The van der Waals surface area contributed by atoms with Gasteiger partial charge >= 0.3 is 6.18 Å². The number of benzene rings is 1.